The average molecular weight is 410 g/mol. The SMILES string of the molecule is O=C(NC1CCCCC1N1C(=O)CSC1=O)c1ccccc1Oc1ccccc1. The van der Waals surface area contributed by atoms with Crippen LogP contribution in [0.4, 0.5) is 4.79 Å². The van der Waals surface area contributed by atoms with Crippen LogP contribution in [0.2, 0.25) is 0 Å². The maximum Gasteiger partial charge on any atom is 0.289 e. The van der Waals surface area contributed by atoms with Crippen LogP contribution in [0.1, 0.15) is 36.0 Å². The van der Waals surface area contributed by atoms with Gasteiger partial charge in [-0.25, -0.2) is 0 Å². The largest absolute Gasteiger partial charge is 0.457 e. The van der Waals surface area contributed by atoms with Crippen LogP contribution in [0.5, 0.6) is 11.5 Å². The van der Waals surface area contributed by atoms with Crippen molar-refractivity contribution in [1.29, 1.82) is 0 Å². The van der Waals surface area contributed by atoms with Crippen molar-refractivity contribution in [3.63, 3.8) is 0 Å². The number of amides is 3. The molecule has 1 heterocycles. The summed E-state index contributed by atoms with van der Waals surface area (Å²) in [7, 11) is 0. The van der Waals surface area contributed by atoms with Crippen molar-refractivity contribution in [3.8, 4) is 11.5 Å². The summed E-state index contributed by atoms with van der Waals surface area (Å²) in [4.78, 5) is 38.8. The Kier molecular flexibility index (Phi) is 5.85. The van der Waals surface area contributed by atoms with Gasteiger partial charge >= 0.3 is 0 Å². The number of thioether (sulfide) groups is 1. The maximum absolute atomic E-state index is 13.1. The van der Waals surface area contributed by atoms with Crippen LogP contribution < -0.4 is 10.1 Å². The van der Waals surface area contributed by atoms with Gasteiger partial charge in [0.25, 0.3) is 11.1 Å². The van der Waals surface area contributed by atoms with Crippen LogP contribution in [-0.2, 0) is 4.79 Å². The minimum absolute atomic E-state index is 0.168. The van der Waals surface area contributed by atoms with E-state index in [0.717, 1.165) is 31.0 Å². The summed E-state index contributed by atoms with van der Waals surface area (Å²) in [6.45, 7) is 0. The molecule has 6 nitrogen and oxygen atoms in total. The Hall–Kier alpha value is -2.80. The lowest BCUT2D eigenvalue weighted by Gasteiger charge is -2.36. The fourth-order valence-corrected chi connectivity index (χ4v) is 4.64. The predicted molar refractivity (Wildman–Crippen MR) is 111 cm³/mol. The summed E-state index contributed by atoms with van der Waals surface area (Å²) >= 11 is 1.03. The summed E-state index contributed by atoms with van der Waals surface area (Å²) in [5.74, 6) is 0.865. The number of carbonyl (C=O) groups is 3. The standard InChI is InChI=1S/C22H22N2O4S/c25-20-14-29-22(27)24(20)18-12-6-5-11-17(18)23-21(26)16-10-4-7-13-19(16)28-15-8-2-1-3-9-15/h1-4,7-10,13,17-18H,5-6,11-12,14H2,(H,23,26). The van der Waals surface area contributed by atoms with Gasteiger partial charge < -0.3 is 10.1 Å². The summed E-state index contributed by atoms with van der Waals surface area (Å²) in [6, 6.07) is 15.8. The zero-order valence-electron chi connectivity index (χ0n) is 15.9. The highest BCUT2D eigenvalue weighted by Gasteiger charge is 2.41. The minimum atomic E-state index is -0.287. The lowest BCUT2D eigenvalue weighted by molar-refractivity contribution is -0.127. The van der Waals surface area contributed by atoms with Crippen molar-refractivity contribution < 1.29 is 19.1 Å². The molecular formula is C22H22N2O4S. The predicted octanol–water partition coefficient (Wildman–Crippen LogP) is 4.22. The molecule has 1 saturated heterocycles. The minimum Gasteiger partial charge on any atom is -0.457 e. The first kappa shape index (κ1) is 19.5. The number of hydrogen-bond donors (Lipinski definition) is 1. The second kappa shape index (κ2) is 8.69. The molecule has 4 rings (SSSR count). The number of rotatable bonds is 5. The summed E-state index contributed by atoms with van der Waals surface area (Å²) in [5.41, 5.74) is 0.425. The van der Waals surface area contributed by atoms with Crippen LogP contribution in [0.3, 0.4) is 0 Å². The average Bonchev–Trinajstić information content (AvgIpc) is 3.07. The molecule has 7 heteroatoms. The first-order chi connectivity index (χ1) is 14.1. The molecule has 2 aliphatic rings. The molecule has 3 amide bonds. The van der Waals surface area contributed by atoms with Crippen molar-refractivity contribution in [1.82, 2.24) is 10.2 Å². The molecule has 0 bridgehead atoms. The fourth-order valence-electron chi connectivity index (χ4n) is 3.88. The molecule has 0 aromatic heterocycles. The van der Waals surface area contributed by atoms with E-state index in [0.29, 0.717) is 23.5 Å². The lowest BCUT2D eigenvalue weighted by atomic mass is 9.89. The van der Waals surface area contributed by atoms with E-state index in [1.165, 1.54) is 4.90 Å². The summed E-state index contributed by atoms with van der Waals surface area (Å²) in [5, 5.41) is 2.84. The van der Waals surface area contributed by atoms with Gasteiger partial charge in [0.1, 0.15) is 11.5 Å². The molecule has 1 saturated carbocycles. The quantitative estimate of drug-likeness (QED) is 0.799. The van der Waals surface area contributed by atoms with E-state index in [2.05, 4.69) is 5.32 Å². The van der Waals surface area contributed by atoms with Crippen molar-refractivity contribution in [3.05, 3.63) is 60.2 Å². The van der Waals surface area contributed by atoms with Gasteiger partial charge in [0.05, 0.1) is 23.4 Å². The number of nitrogens with zero attached hydrogens (tertiary/aromatic N) is 1. The second-order valence-corrected chi connectivity index (χ2v) is 8.09. The van der Waals surface area contributed by atoms with Gasteiger partial charge in [-0.05, 0) is 37.1 Å². The Morgan fingerprint density at radius 1 is 1.00 bits per heavy atom. The number of nitrogens with one attached hydrogen (secondary N) is 1. The van der Waals surface area contributed by atoms with Gasteiger partial charge in [-0.2, -0.15) is 0 Å². The van der Waals surface area contributed by atoms with E-state index in [4.69, 9.17) is 4.74 Å². The molecule has 1 aliphatic heterocycles. The van der Waals surface area contributed by atoms with E-state index in [-0.39, 0.29) is 34.9 Å². The van der Waals surface area contributed by atoms with Gasteiger partial charge in [-0.3, -0.25) is 19.3 Å². The molecule has 1 N–H and O–H groups in total. The fraction of sp³-hybridized carbons (Fsp3) is 0.318. The van der Waals surface area contributed by atoms with Gasteiger partial charge in [0.15, 0.2) is 0 Å². The molecule has 2 aromatic rings. The molecule has 2 unspecified atom stereocenters. The van der Waals surface area contributed by atoms with Crippen LogP contribution in [0, 0.1) is 0 Å². The first-order valence-corrected chi connectivity index (χ1v) is 10.7. The molecule has 0 spiro atoms. The Balaban J connectivity index is 1.52. The maximum atomic E-state index is 13.1. The monoisotopic (exact) mass is 410 g/mol. The van der Waals surface area contributed by atoms with E-state index in [1.807, 2.05) is 36.4 Å². The first-order valence-electron chi connectivity index (χ1n) is 9.75. The summed E-state index contributed by atoms with van der Waals surface area (Å²) < 4.78 is 5.90. The number of benzene rings is 2. The van der Waals surface area contributed by atoms with Crippen LogP contribution >= 0.6 is 11.8 Å². The third-order valence-electron chi connectivity index (χ3n) is 5.26. The van der Waals surface area contributed by atoms with Gasteiger partial charge in [-0.15, -0.1) is 0 Å². The Bertz CT molecular complexity index is 902. The highest BCUT2D eigenvalue weighted by Crippen LogP contribution is 2.31. The highest BCUT2D eigenvalue weighted by atomic mass is 32.2. The molecule has 150 valence electrons. The molecule has 0 radical (unpaired) electrons. The van der Waals surface area contributed by atoms with E-state index in [9.17, 15) is 14.4 Å². The van der Waals surface area contributed by atoms with Crippen LogP contribution in [0.15, 0.2) is 54.6 Å². The normalized spacial score (nSPS) is 21.9. The van der Waals surface area contributed by atoms with Crippen LogP contribution in [-0.4, -0.2) is 39.8 Å². The number of para-hydroxylation sites is 2. The Morgan fingerprint density at radius 3 is 2.48 bits per heavy atom. The highest BCUT2D eigenvalue weighted by molar-refractivity contribution is 8.14. The molecule has 2 aromatic carbocycles. The van der Waals surface area contributed by atoms with E-state index < -0.39 is 0 Å². The number of ether oxygens (including phenoxy) is 1. The van der Waals surface area contributed by atoms with Crippen molar-refractivity contribution >= 4 is 28.8 Å². The van der Waals surface area contributed by atoms with Gasteiger partial charge in [-0.1, -0.05) is 54.9 Å². The zero-order chi connectivity index (χ0) is 20.2. The third kappa shape index (κ3) is 4.29. The molecule has 29 heavy (non-hydrogen) atoms. The third-order valence-corrected chi connectivity index (χ3v) is 6.10. The molecular weight excluding hydrogens is 388 g/mol. The number of imide groups is 1. The summed E-state index contributed by atoms with van der Waals surface area (Å²) in [6.07, 6.45) is 3.34. The smallest absolute Gasteiger partial charge is 0.289 e. The number of hydrogen-bond acceptors (Lipinski definition) is 5. The van der Waals surface area contributed by atoms with Crippen molar-refractivity contribution in [2.24, 2.45) is 0 Å². The molecule has 1 aliphatic carbocycles. The number of carbonyl (C=O) groups excluding carboxylic acids is 3. The van der Waals surface area contributed by atoms with Gasteiger partial charge in [0.2, 0.25) is 5.91 Å². The van der Waals surface area contributed by atoms with Crippen molar-refractivity contribution in [2.45, 2.75) is 37.8 Å². The topological polar surface area (TPSA) is 75.7 Å². The van der Waals surface area contributed by atoms with E-state index in [1.54, 1.807) is 18.2 Å². The van der Waals surface area contributed by atoms with E-state index >= 15 is 0 Å². The lowest BCUT2D eigenvalue weighted by Crippen LogP contribution is -2.54. The Morgan fingerprint density at radius 2 is 1.72 bits per heavy atom. The Labute approximate surface area is 173 Å². The van der Waals surface area contributed by atoms with Gasteiger partial charge in [0, 0.05) is 0 Å². The molecule has 2 atom stereocenters. The zero-order valence-corrected chi connectivity index (χ0v) is 16.7. The van der Waals surface area contributed by atoms with Crippen LogP contribution in [0.25, 0.3) is 0 Å². The second-order valence-electron chi connectivity index (χ2n) is 7.16. The van der Waals surface area contributed by atoms with Crippen molar-refractivity contribution in [2.75, 3.05) is 5.75 Å². The molecule has 2 fully saturated rings.